The lowest BCUT2D eigenvalue weighted by Crippen LogP contribution is -2.32. The van der Waals surface area contributed by atoms with E-state index in [4.69, 9.17) is 11.1 Å². The lowest BCUT2D eigenvalue weighted by atomic mass is 10.2. The number of hydrogen-bond donors (Lipinski definition) is 2. The maximum absolute atomic E-state index is 11.0. The first-order chi connectivity index (χ1) is 7.70. The van der Waals surface area contributed by atoms with Gasteiger partial charge in [-0.3, -0.25) is 5.41 Å². The molecule has 0 bridgehead atoms. The summed E-state index contributed by atoms with van der Waals surface area (Å²) in [5.74, 6) is 0.934. The normalized spacial score (nSPS) is 12.3. The summed E-state index contributed by atoms with van der Waals surface area (Å²) in [5.41, 5.74) is 5.33. The number of nitrogens with zero attached hydrogens (tertiary/aromatic N) is 1. The predicted molar refractivity (Wildman–Crippen MR) is 72.1 cm³/mol. The van der Waals surface area contributed by atoms with Gasteiger partial charge in [0, 0.05) is 25.8 Å². The van der Waals surface area contributed by atoms with Crippen molar-refractivity contribution in [3.05, 3.63) is 0 Å². The van der Waals surface area contributed by atoms with Crippen LogP contribution in [0.25, 0.3) is 0 Å². The standard InChI is InChI=1S/C11H25N3O2S/c1-10(2)9-14(7-5-11(12)13)6-4-8-17(3,15)16/h10H,4-9H2,1-3H3,(H3,12,13). The molecule has 0 aliphatic rings. The minimum Gasteiger partial charge on any atom is -0.388 e. The van der Waals surface area contributed by atoms with Gasteiger partial charge in [0.2, 0.25) is 0 Å². The van der Waals surface area contributed by atoms with Crippen LogP contribution in [0.4, 0.5) is 0 Å². The highest BCUT2D eigenvalue weighted by molar-refractivity contribution is 7.90. The molecule has 0 amide bonds. The smallest absolute Gasteiger partial charge is 0.147 e. The van der Waals surface area contributed by atoms with Crippen LogP contribution in [-0.4, -0.2) is 50.8 Å². The summed E-state index contributed by atoms with van der Waals surface area (Å²) in [7, 11) is -2.87. The van der Waals surface area contributed by atoms with E-state index in [0.717, 1.165) is 19.6 Å². The van der Waals surface area contributed by atoms with E-state index in [1.807, 2.05) is 0 Å². The molecule has 0 atom stereocenters. The Morgan fingerprint density at radius 2 is 1.94 bits per heavy atom. The second-order valence-electron chi connectivity index (χ2n) is 4.95. The van der Waals surface area contributed by atoms with E-state index in [1.54, 1.807) is 0 Å². The molecule has 6 heteroatoms. The number of amidine groups is 1. The van der Waals surface area contributed by atoms with E-state index in [2.05, 4.69) is 18.7 Å². The van der Waals surface area contributed by atoms with Gasteiger partial charge in [-0.15, -0.1) is 0 Å². The van der Waals surface area contributed by atoms with Crippen LogP contribution >= 0.6 is 0 Å². The summed E-state index contributed by atoms with van der Waals surface area (Å²) >= 11 is 0. The molecule has 17 heavy (non-hydrogen) atoms. The van der Waals surface area contributed by atoms with Gasteiger partial charge in [0.1, 0.15) is 9.84 Å². The molecule has 0 unspecified atom stereocenters. The van der Waals surface area contributed by atoms with Crippen LogP contribution in [0.5, 0.6) is 0 Å². The molecule has 0 rings (SSSR count). The molecule has 0 radical (unpaired) electrons. The Hall–Kier alpha value is -0.620. The van der Waals surface area contributed by atoms with Gasteiger partial charge >= 0.3 is 0 Å². The van der Waals surface area contributed by atoms with Crippen molar-refractivity contribution in [2.75, 3.05) is 31.6 Å². The zero-order valence-electron chi connectivity index (χ0n) is 11.1. The third-order valence-corrected chi connectivity index (χ3v) is 3.34. The lowest BCUT2D eigenvalue weighted by molar-refractivity contribution is 0.251. The molecular formula is C11H25N3O2S. The fraction of sp³-hybridized carbons (Fsp3) is 0.909. The van der Waals surface area contributed by atoms with Crippen LogP contribution in [0.15, 0.2) is 0 Å². The molecule has 0 fully saturated rings. The number of nitrogens with one attached hydrogen (secondary N) is 1. The Morgan fingerprint density at radius 3 is 2.35 bits per heavy atom. The van der Waals surface area contributed by atoms with Gasteiger partial charge in [0.15, 0.2) is 0 Å². The number of sulfone groups is 1. The molecular weight excluding hydrogens is 238 g/mol. The summed E-state index contributed by atoms with van der Waals surface area (Å²) in [6.45, 7) is 6.64. The number of nitrogens with two attached hydrogens (primary N) is 1. The number of rotatable bonds is 9. The average Bonchev–Trinajstić information content (AvgIpc) is 2.10. The van der Waals surface area contributed by atoms with Crippen molar-refractivity contribution >= 4 is 15.7 Å². The monoisotopic (exact) mass is 263 g/mol. The Kier molecular flexibility index (Phi) is 7.38. The molecule has 0 saturated carbocycles. The zero-order valence-corrected chi connectivity index (χ0v) is 11.9. The summed E-state index contributed by atoms with van der Waals surface area (Å²) in [6, 6.07) is 0. The first-order valence-corrected chi connectivity index (χ1v) is 7.99. The Morgan fingerprint density at radius 1 is 1.35 bits per heavy atom. The van der Waals surface area contributed by atoms with Crippen LogP contribution in [0.3, 0.4) is 0 Å². The van der Waals surface area contributed by atoms with Crippen molar-refractivity contribution in [2.45, 2.75) is 26.7 Å². The fourth-order valence-electron chi connectivity index (χ4n) is 1.64. The second kappa shape index (κ2) is 7.66. The third-order valence-electron chi connectivity index (χ3n) is 2.31. The van der Waals surface area contributed by atoms with E-state index in [1.165, 1.54) is 6.26 Å². The van der Waals surface area contributed by atoms with Crippen molar-refractivity contribution in [2.24, 2.45) is 11.7 Å². The molecule has 3 N–H and O–H groups in total. The molecule has 0 aliphatic carbocycles. The molecule has 0 aromatic rings. The maximum Gasteiger partial charge on any atom is 0.147 e. The molecule has 102 valence electrons. The van der Waals surface area contributed by atoms with Crippen LogP contribution in [0.2, 0.25) is 0 Å². The van der Waals surface area contributed by atoms with Gasteiger partial charge < -0.3 is 10.6 Å². The minimum atomic E-state index is -2.87. The minimum absolute atomic E-state index is 0.182. The quantitative estimate of drug-likeness (QED) is 0.473. The first-order valence-electron chi connectivity index (χ1n) is 5.93. The van der Waals surface area contributed by atoms with Gasteiger partial charge in [-0.25, -0.2) is 8.42 Å². The Balaban J connectivity index is 4.05. The summed E-state index contributed by atoms with van der Waals surface area (Å²) in [5, 5.41) is 7.20. The lowest BCUT2D eigenvalue weighted by Gasteiger charge is -2.23. The first kappa shape index (κ1) is 16.4. The molecule has 0 saturated heterocycles. The van der Waals surface area contributed by atoms with Crippen LogP contribution in [0, 0.1) is 11.3 Å². The van der Waals surface area contributed by atoms with E-state index in [-0.39, 0.29) is 11.6 Å². The van der Waals surface area contributed by atoms with E-state index < -0.39 is 9.84 Å². The van der Waals surface area contributed by atoms with Gasteiger partial charge in [-0.2, -0.15) is 0 Å². The van der Waals surface area contributed by atoms with Crippen LogP contribution in [0.1, 0.15) is 26.7 Å². The fourth-order valence-corrected chi connectivity index (χ4v) is 2.29. The molecule has 0 aromatic heterocycles. The highest BCUT2D eigenvalue weighted by Crippen LogP contribution is 2.02. The maximum atomic E-state index is 11.0. The van der Waals surface area contributed by atoms with Gasteiger partial charge in [-0.1, -0.05) is 13.8 Å². The summed E-state index contributed by atoms with van der Waals surface area (Å²) < 4.78 is 22.1. The van der Waals surface area contributed by atoms with Crippen LogP contribution in [-0.2, 0) is 9.84 Å². The number of hydrogen-bond acceptors (Lipinski definition) is 4. The third kappa shape index (κ3) is 11.6. The zero-order chi connectivity index (χ0) is 13.5. The van der Waals surface area contributed by atoms with Crippen molar-refractivity contribution in [1.29, 1.82) is 5.41 Å². The molecule has 5 nitrogen and oxygen atoms in total. The molecule has 0 heterocycles. The Labute approximate surface area is 105 Å². The highest BCUT2D eigenvalue weighted by Gasteiger charge is 2.09. The van der Waals surface area contributed by atoms with Crippen molar-refractivity contribution < 1.29 is 8.42 Å². The molecule has 0 aliphatic heterocycles. The highest BCUT2D eigenvalue weighted by atomic mass is 32.2. The van der Waals surface area contributed by atoms with Gasteiger partial charge in [-0.05, 0) is 18.9 Å². The second-order valence-corrected chi connectivity index (χ2v) is 7.21. The predicted octanol–water partition coefficient (Wildman–Crippen LogP) is 0.705. The van der Waals surface area contributed by atoms with Crippen LogP contribution < -0.4 is 5.73 Å². The molecule has 0 aromatic carbocycles. The van der Waals surface area contributed by atoms with Crippen molar-refractivity contribution in [3.8, 4) is 0 Å². The summed E-state index contributed by atoms with van der Waals surface area (Å²) in [6.07, 6.45) is 2.45. The van der Waals surface area contributed by atoms with Gasteiger partial charge in [0.05, 0.1) is 11.6 Å². The van der Waals surface area contributed by atoms with E-state index in [9.17, 15) is 8.42 Å². The topological polar surface area (TPSA) is 87.2 Å². The van der Waals surface area contributed by atoms with Crippen molar-refractivity contribution in [3.63, 3.8) is 0 Å². The van der Waals surface area contributed by atoms with E-state index >= 15 is 0 Å². The average molecular weight is 263 g/mol. The van der Waals surface area contributed by atoms with Gasteiger partial charge in [0.25, 0.3) is 0 Å². The van der Waals surface area contributed by atoms with Crippen molar-refractivity contribution in [1.82, 2.24) is 4.90 Å². The Bertz CT molecular complexity index is 326. The summed E-state index contributed by atoms with van der Waals surface area (Å²) in [4.78, 5) is 2.18. The van der Waals surface area contributed by atoms with E-state index in [0.29, 0.717) is 18.8 Å². The SMILES string of the molecule is CC(C)CN(CCCS(C)(=O)=O)CCC(=N)N. The largest absolute Gasteiger partial charge is 0.388 e. The molecule has 0 spiro atoms.